The number of hydrogen-bond acceptors (Lipinski definition) is 3. The maximum atomic E-state index is 12.0. The largest absolute Gasteiger partial charge is 0.366 e. The predicted molar refractivity (Wildman–Crippen MR) is 61.2 cm³/mol. The number of carbonyl (C=O) groups excluding carboxylic acids is 2. The first-order valence-electron chi connectivity index (χ1n) is 5.53. The maximum absolute atomic E-state index is 12.0. The molecule has 1 aliphatic rings. The van der Waals surface area contributed by atoms with Gasteiger partial charge in [-0.1, -0.05) is 0 Å². The minimum Gasteiger partial charge on any atom is -0.366 e. The van der Waals surface area contributed by atoms with Crippen LogP contribution in [0.3, 0.4) is 0 Å². The van der Waals surface area contributed by atoms with Crippen LogP contribution in [-0.2, 0) is 4.84 Å². The van der Waals surface area contributed by atoms with Gasteiger partial charge in [0.05, 0.1) is 6.61 Å². The SMILES string of the molecule is NC(=O)c1ccc(C(=O)N2CCCCO2)cc1. The molecule has 0 aliphatic carbocycles. The molecule has 2 amide bonds. The standard InChI is InChI=1S/C12H14N2O3/c13-11(15)9-3-5-10(6-4-9)12(16)14-7-1-2-8-17-14/h3-6H,1-2,7-8H2,(H2,13,15). The van der Waals surface area contributed by atoms with Crippen molar-refractivity contribution in [3.05, 3.63) is 35.4 Å². The lowest BCUT2D eigenvalue weighted by molar-refractivity contribution is -0.144. The van der Waals surface area contributed by atoms with Crippen molar-refractivity contribution in [1.82, 2.24) is 5.06 Å². The summed E-state index contributed by atoms with van der Waals surface area (Å²) in [5.41, 5.74) is 6.01. The highest BCUT2D eigenvalue weighted by atomic mass is 16.7. The molecule has 17 heavy (non-hydrogen) atoms. The first-order chi connectivity index (χ1) is 8.18. The van der Waals surface area contributed by atoms with Gasteiger partial charge in [-0.05, 0) is 37.1 Å². The van der Waals surface area contributed by atoms with Crippen LogP contribution in [0.2, 0.25) is 0 Å². The van der Waals surface area contributed by atoms with E-state index in [0.717, 1.165) is 12.8 Å². The molecule has 0 saturated carbocycles. The Balaban J connectivity index is 2.10. The Morgan fingerprint density at radius 3 is 2.29 bits per heavy atom. The van der Waals surface area contributed by atoms with Gasteiger partial charge in [-0.2, -0.15) is 0 Å². The van der Waals surface area contributed by atoms with Crippen LogP contribution in [-0.4, -0.2) is 30.0 Å². The van der Waals surface area contributed by atoms with E-state index in [4.69, 9.17) is 10.6 Å². The van der Waals surface area contributed by atoms with Crippen LogP contribution >= 0.6 is 0 Å². The number of nitrogens with two attached hydrogens (primary N) is 1. The molecule has 1 heterocycles. The third kappa shape index (κ3) is 2.62. The quantitative estimate of drug-likeness (QED) is 0.828. The van der Waals surface area contributed by atoms with Gasteiger partial charge in [-0.3, -0.25) is 14.4 Å². The molecule has 0 bridgehead atoms. The van der Waals surface area contributed by atoms with Crippen molar-refractivity contribution in [2.75, 3.05) is 13.2 Å². The van der Waals surface area contributed by atoms with Crippen molar-refractivity contribution >= 4 is 11.8 Å². The molecule has 1 aromatic carbocycles. The molecule has 0 atom stereocenters. The molecule has 5 heteroatoms. The van der Waals surface area contributed by atoms with Gasteiger partial charge < -0.3 is 5.73 Å². The molecule has 0 aromatic heterocycles. The van der Waals surface area contributed by atoms with Gasteiger partial charge in [0.15, 0.2) is 0 Å². The minimum absolute atomic E-state index is 0.180. The Labute approximate surface area is 99.1 Å². The lowest BCUT2D eigenvalue weighted by atomic mass is 10.1. The lowest BCUT2D eigenvalue weighted by Gasteiger charge is -2.25. The van der Waals surface area contributed by atoms with Crippen molar-refractivity contribution in [2.45, 2.75) is 12.8 Å². The van der Waals surface area contributed by atoms with E-state index >= 15 is 0 Å². The number of amides is 2. The summed E-state index contributed by atoms with van der Waals surface area (Å²) in [6.45, 7) is 1.18. The molecule has 1 saturated heterocycles. The molecule has 5 nitrogen and oxygen atoms in total. The van der Waals surface area contributed by atoms with E-state index in [-0.39, 0.29) is 5.91 Å². The fourth-order valence-corrected chi connectivity index (χ4v) is 1.68. The number of hydrogen-bond donors (Lipinski definition) is 1. The highest BCUT2D eigenvalue weighted by Crippen LogP contribution is 2.12. The van der Waals surface area contributed by atoms with E-state index < -0.39 is 5.91 Å². The second kappa shape index (κ2) is 4.97. The van der Waals surface area contributed by atoms with Gasteiger partial charge in [0.2, 0.25) is 5.91 Å². The molecule has 1 aliphatic heterocycles. The molecule has 2 rings (SSSR count). The minimum atomic E-state index is -0.502. The topological polar surface area (TPSA) is 72.6 Å². The third-order valence-electron chi connectivity index (χ3n) is 2.65. The van der Waals surface area contributed by atoms with E-state index in [1.165, 1.54) is 5.06 Å². The Hall–Kier alpha value is -1.88. The van der Waals surface area contributed by atoms with Gasteiger partial charge in [-0.25, -0.2) is 5.06 Å². The van der Waals surface area contributed by atoms with Crippen LogP contribution in [0.1, 0.15) is 33.6 Å². The number of nitrogens with zero attached hydrogens (tertiary/aromatic N) is 1. The first-order valence-corrected chi connectivity index (χ1v) is 5.53. The zero-order chi connectivity index (χ0) is 12.3. The van der Waals surface area contributed by atoms with Gasteiger partial charge in [-0.15, -0.1) is 0 Å². The van der Waals surface area contributed by atoms with Crippen LogP contribution in [0.25, 0.3) is 0 Å². The van der Waals surface area contributed by atoms with Gasteiger partial charge in [0.1, 0.15) is 0 Å². The second-order valence-corrected chi connectivity index (χ2v) is 3.89. The summed E-state index contributed by atoms with van der Waals surface area (Å²) in [7, 11) is 0. The fourth-order valence-electron chi connectivity index (χ4n) is 1.68. The molecule has 1 fully saturated rings. The van der Waals surface area contributed by atoms with E-state index in [9.17, 15) is 9.59 Å². The van der Waals surface area contributed by atoms with Gasteiger partial charge in [0, 0.05) is 17.7 Å². The summed E-state index contributed by atoms with van der Waals surface area (Å²) in [6.07, 6.45) is 1.93. The molecule has 0 unspecified atom stereocenters. The number of benzene rings is 1. The van der Waals surface area contributed by atoms with E-state index in [1.807, 2.05) is 0 Å². The van der Waals surface area contributed by atoms with E-state index in [0.29, 0.717) is 24.3 Å². The van der Waals surface area contributed by atoms with Crippen molar-refractivity contribution in [3.63, 3.8) is 0 Å². The van der Waals surface area contributed by atoms with Crippen LogP contribution in [0.15, 0.2) is 24.3 Å². The maximum Gasteiger partial charge on any atom is 0.277 e. The molecule has 2 N–H and O–H groups in total. The van der Waals surface area contributed by atoms with E-state index in [2.05, 4.69) is 0 Å². The predicted octanol–water partition coefficient (Wildman–Crippen LogP) is 0.953. The third-order valence-corrected chi connectivity index (χ3v) is 2.65. The first kappa shape index (κ1) is 11.6. The van der Waals surface area contributed by atoms with Crippen LogP contribution < -0.4 is 5.73 Å². The Morgan fingerprint density at radius 1 is 1.12 bits per heavy atom. The fraction of sp³-hybridized carbons (Fsp3) is 0.333. The lowest BCUT2D eigenvalue weighted by Crippen LogP contribution is -2.35. The zero-order valence-corrected chi connectivity index (χ0v) is 9.39. The zero-order valence-electron chi connectivity index (χ0n) is 9.39. The number of carbonyl (C=O) groups is 2. The Kier molecular flexibility index (Phi) is 3.39. The summed E-state index contributed by atoms with van der Waals surface area (Å²) < 4.78 is 0. The van der Waals surface area contributed by atoms with Gasteiger partial charge >= 0.3 is 0 Å². The highest BCUT2D eigenvalue weighted by Gasteiger charge is 2.19. The van der Waals surface area contributed by atoms with Crippen LogP contribution in [0, 0.1) is 0 Å². The monoisotopic (exact) mass is 234 g/mol. The molecule has 1 aromatic rings. The van der Waals surface area contributed by atoms with Crippen LogP contribution in [0.4, 0.5) is 0 Å². The average Bonchev–Trinajstić information content (AvgIpc) is 2.39. The summed E-state index contributed by atoms with van der Waals surface area (Å²) in [4.78, 5) is 28.1. The van der Waals surface area contributed by atoms with Crippen molar-refractivity contribution in [3.8, 4) is 0 Å². The van der Waals surface area contributed by atoms with Crippen LogP contribution in [0.5, 0.6) is 0 Å². The number of rotatable bonds is 2. The number of hydroxylamine groups is 2. The molecule has 0 spiro atoms. The smallest absolute Gasteiger partial charge is 0.277 e. The van der Waals surface area contributed by atoms with Gasteiger partial charge in [0.25, 0.3) is 5.91 Å². The summed E-state index contributed by atoms with van der Waals surface area (Å²) >= 11 is 0. The second-order valence-electron chi connectivity index (χ2n) is 3.89. The number of primary amides is 1. The molecular weight excluding hydrogens is 220 g/mol. The molecular formula is C12H14N2O3. The normalized spacial score (nSPS) is 15.6. The van der Waals surface area contributed by atoms with E-state index in [1.54, 1.807) is 24.3 Å². The highest BCUT2D eigenvalue weighted by molar-refractivity contribution is 5.96. The summed E-state index contributed by atoms with van der Waals surface area (Å²) in [6, 6.07) is 6.25. The van der Waals surface area contributed by atoms with Crippen molar-refractivity contribution in [1.29, 1.82) is 0 Å². The van der Waals surface area contributed by atoms with Crippen molar-refractivity contribution < 1.29 is 14.4 Å². The molecule has 0 radical (unpaired) electrons. The summed E-state index contributed by atoms with van der Waals surface area (Å²) in [5.74, 6) is -0.682. The summed E-state index contributed by atoms with van der Waals surface area (Å²) in [5, 5.41) is 1.36. The molecule has 90 valence electrons. The average molecular weight is 234 g/mol. The Bertz CT molecular complexity index is 422. The van der Waals surface area contributed by atoms with Crippen molar-refractivity contribution in [2.24, 2.45) is 5.73 Å². The Morgan fingerprint density at radius 2 is 1.76 bits per heavy atom.